The number of halogens is 1. The molecule has 0 saturated carbocycles. The molecule has 0 unspecified atom stereocenters. The van der Waals surface area contributed by atoms with E-state index in [0.29, 0.717) is 21.9 Å². The maximum atomic E-state index is 13.3. The van der Waals surface area contributed by atoms with Gasteiger partial charge in [-0.05, 0) is 31.0 Å². The van der Waals surface area contributed by atoms with Gasteiger partial charge in [0.1, 0.15) is 5.82 Å². The molecule has 6 nitrogen and oxygen atoms in total. The molecule has 2 N–H and O–H groups in total. The Morgan fingerprint density at radius 2 is 2.13 bits per heavy atom. The van der Waals surface area contributed by atoms with Gasteiger partial charge in [-0.2, -0.15) is 0 Å². The van der Waals surface area contributed by atoms with Crippen molar-refractivity contribution in [1.82, 2.24) is 4.98 Å². The summed E-state index contributed by atoms with van der Waals surface area (Å²) in [5, 5.41) is 0.428. The van der Waals surface area contributed by atoms with Crippen LogP contribution in [0.5, 0.6) is 0 Å². The molecule has 23 heavy (non-hydrogen) atoms. The van der Waals surface area contributed by atoms with Crippen LogP contribution in [-0.4, -0.2) is 29.6 Å². The normalized spacial score (nSPS) is 12.4. The second kappa shape index (κ2) is 6.91. The quantitative estimate of drug-likeness (QED) is 0.907. The van der Waals surface area contributed by atoms with Gasteiger partial charge in [-0.3, -0.25) is 9.69 Å². The van der Waals surface area contributed by atoms with Gasteiger partial charge in [-0.15, -0.1) is 0 Å². The fourth-order valence-corrected chi connectivity index (χ4v) is 3.20. The van der Waals surface area contributed by atoms with Crippen molar-refractivity contribution < 1.29 is 18.7 Å². The van der Waals surface area contributed by atoms with Crippen molar-refractivity contribution >= 4 is 38.7 Å². The van der Waals surface area contributed by atoms with Crippen molar-refractivity contribution in [2.45, 2.75) is 26.9 Å². The molecule has 2 aromatic rings. The van der Waals surface area contributed by atoms with Crippen LogP contribution in [0.15, 0.2) is 18.2 Å². The Labute approximate surface area is 137 Å². The van der Waals surface area contributed by atoms with E-state index in [1.165, 1.54) is 28.4 Å². The number of likely N-dealkylation sites (N-methyl/N-ethyl adjacent to an activating group) is 1. The molecule has 2 amide bonds. The van der Waals surface area contributed by atoms with Crippen LogP contribution in [0, 0.1) is 11.7 Å². The number of hydrogen-bond acceptors (Lipinski definition) is 5. The zero-order valence-corrected chi connectivity index (χ0v) is 13.9. The number of fused-ring (bicyclic) bond motifs is 1. The smallest absolute Gasteiger partial charge is 0.405 e. The highest BCUT2D eigenvalue weighted by atomic mass is 32.1. The van der Waals surface area contributed by atoms with Gasteiger partial charge in [0.05, 0.1) is 10.2 Å². The number of hydrogen-bond donors (Lipinski definition) is 1. The summed E-state index contributed by atoms with van der Waals surface area (Å²) in [7, 11) is 0. The lowest BCUT2D eigenvalue weighted by atomic mass is 10.1. The predicted octanol–water partition coefficient (Wildman–Crippen LogP) is 2.91. The predicted molar refractivity (Wildman–Crippen MR) is 86.9 cm³/mol. The molecule has 0 fully saturated rings. The summed E-state index contributed by atoms with van der Waals surface area (Å²) in [6.07, 6.45) is -1.99. The molecule has 124 valence electrons. The number of carbonyl (C=O) groups excluding carboxylic acids is 2. The Kier molecular flexibility index (Phi) is 5.15. The number of benzene rings is 1. The van der Waals surface area contributed by atoms with E-state index >= 15 is 0 Å². The average Bonchev–Trinajstić information content (AvgIpc) is 2.87. The highest BCUT2D eigenvalue weighted by molar-refractivity contribution is 7.22. The van der Waals surface area contributed by atoms with Gasteiger partial charge in [0, 0.05) is 6.54 Å². The molecular weight excluding hydrogens is 321 g/mol. The summed E-state index contributed by atoms with van der Waals surface area (Å²) >= 11 is 1.20. The van der Waals surface area contributed by atoms with Crippen LogP contribution < -0.4 is 10.6 Å². The molecule has 8 heteroatoms. The molecule has 1 aromatic carbocycles. The molecule has 1 atom stereocenters. The highest BCUT2D eigenvalue weighted by Crippen LogP contribution is 2.30. The van der Waals surface area contributed by atoms with Gasteiger partial charge in [-0.25, -0.2) is 14.2 Å². The van der Waals surface area contributed by atoms with Crippen molar-refractivity contribution in [1.29, 1.82) is 0 Å². The molecule has 1 heterocycles. The first kappa shape index (κ1) is 17.1. The zero-order valence-electron chi connectivity index (χ0n) is 13.1. The summed E-state index contributed by atoms with van der Waals surface area (Å²) in [6, 6.07) is 4.24. The Morgan fingerprint density at radius 3 is 2.70 bits per heavy atom. The monoisotopic (exact) mass is 339 g/mol. The number of ether oxygens (including phenoxy) is 1. The molecule has 2 rings (SSSR count). The third kappa shape index (κ3) is 3.76. The van der Waals surface area contributed by atoms with Gasteiger partial charge < -0.3 is 10.5 Å². The number of primary amides is 1. The van der Waals surface area contributed by atoms with Crippen LogP contribution in [0.4, 0.5) is 14.3 Å². The second-order valence-corrected chi connectivity index (χ2v) is 6.30. The molecule has 0 radical (unpaired) electrons. The SMILES string of the molecule is CCN(C(=O)[C@@H](OC(N)=O)C(C)C)c1nc2ccc(F)cc2s1. The highest BCUT2D eigenvalue weighted by Gasteiger charge is 2.31. The zero-order chi connectivity index (χ0) is 17.1. The van der Waals surface area contributed by atoms with E-state index in [9.17, 15) is 14.0 Å². The average molecular weight is 339 g/mol. The van der Waals surface area contributed by atoms with Gasteiger partial charge >= 0.3 is 6.09 Å². The van der Waals surface area contributed by atoms with Crippen molar-refractivity contribution in [2.75, 3.05) is 11.4 Å². The topological polar surface area (TPSA) is 85.5 Å². The van der Waals surface area contributed by atoms with E-state index in [4.69, 9.17) is 10.5 Å². The molecule has 0 bridgehead atoms. The van der Waals surface area contributed by atoms with Crippen molar-refractivity contribution in [3.05, 3.63) is 24.0 Å². The maximum Gasteiger partial charge on any atom is 0.405 e. The molecule has 0 spiro atoms. The minimum absolute atomic E-state index is 0.240. The van der Waals surface area contributed by atoms with Crippen LogP contribution in [0.3, 0.4) is 0 Å². The molecule has 0 saturated heterocycles. The summed E-state index contributed by atoms with van der Waals surface area (Å²) in [4.78, 5) is 29.5. The Hall–Kier alpha value is -2.22. The van der Waals surface area contributed by atoms with Gasteiger partial charge in [-0.1, -0.05) is 25.2 Å². The fraction of sp³-hybridized carbons (Fsp3) is 0.400. The van der Waals surface area contributed by atoms with Gasteiger partial charge in [0.15, 0.2) is 11.2 Å². The second-order valence-electron chi connectivity index (χ2n) is 5.29. The lowest BCUT2D eigenvalue weighted by molar-refractivity contribution is -0.128. The van der Waals surface area contributed by atoms with E-state index in [-0.39, 0.29) is 11.7 Å². The van der Waals surface area contributed by atoms with Crippen LogP contribution in [0.2, 0.25) is 0 Å². The van der Waals surface area contributed by atoms with Gasteiger partial charge in [0.25, 0.3) is 5.91 Å². The minimum atomic E-state index is -1.00. The van der Waals surface area contributed by atoms with Crippen molar-refractivity contribution in [2.24, 2.45) is 11.7 Å². The number of rotatable bonds is 5. The third-order valence-electron chi connectivity index (χ3n) is 3.24. The van der Waals surface area contributed by atoms with Crippen molar-refractivity contribution in [3.63, 3.8) is 0 Å². The minimum Gasteiger partial charge on any atom is -0.436 e. The standard InChI is InChI=1S/C15H18FN3O3S/c1-4-19(13(20)12(8(2)3)22-14(17)21)15-18-10-6-5-9(16)7-11(10)23-15/h5-8,12H,4H2,1-3H3,(H2,17,21)/t12-/m0/s1. The first-order valence-corrected chi connectivity index (χ1v) is 7.98. The van der Waals surface area contributed by atoms with Crippen LogP contribution in [0.1, 0.15) is 20.8 Å². The molecule has 0 aliphatic rings. The largest absolute Gasteiger partial charge is 0.436 e. The van der Waals surface area contributed by atoms with E-state index in [1.54, 1.807) is 26.8 Å². The van der Waals surface area contributed by atoms with E-state index < -0.39 is 18.1 Å². The number of amides is 2. The summed E-state index contributed by atoms with van der Waals surface area (Å²) in [5.41, 5.74) is 5.65. The number of carbonyl (C=O) groups is 2. The Bertz CT molecular complexity index is 732. The van der Waals surface area contributed by atoms with Crippen molar-refractivity contribution in [3.8, 4) is 0 Å². The molecule has 1 aromatic heterocycles. The summed E-state index contributed by atoms with van der Waals surface area (Å²) in [6.45, 7) is 5.64. The maximum absolute atomic E-state index is 13.3. The number of nitrogens with zero attached hydrogens (tertiary/aromatic N) is 2. The van der Waals surface area contributed by atoms with Gasteiger partial charge in [0.2, 0.25) is 0 Å². The molecular formula is C15H18FN3O3S. The number of nitrogens with two attached hydrogens (primary N) is 1. The van der Waals surface area contributed by atoms with Crippen LogP contribution in [-0.2, 0) is 9.53 Å². The third-order valence-corrected chi connectivity index (χ3v) is 4.29. The Morgan fingerprint density at radius 1 is 1.43 bits per heavy atom. The fourth-order valence-electron chi connectivity index (χ4n) is 2.14. The number of thiazole rings is 1. The lowest BCUT2D eigenvalue weighted by Gasteiger charge is -2.25. The lowest BCUT2D eigenvalue weighted by Crippen LogP contribution is -2.44. The Balaban J connectivity index is 2.35. The van der Waals surface area contributed by atoms with E-state index in [0.717, 1.165) is 0 Å². The first-order chi connectivity index (χ1) is 10.8. The van der Waals surface area contributed by atoms with E-state index in [1.807, 2.05) is 0 Å². The summed E-state index contributed by atoms with van der Waals surface area (Å²) in [5.74, 6) is -1.00. The molecule has 0 aliphatic heterocycles. The number of anilines is 1. The first-order valence-electron chi connectivity index (χ1n) is 7.17. The van der Waals surface area contributed by atoms with E-state index in [2.05, 4.69) is 4.98 Å². The summed E-state index contributed by atoms with van der Waals surface area (Å²) < 4.78 is 18.9. The van der Waals surface area contributed by atoms with Crippen LogP contribution in [0.25, 0.3) is 10.2 Å². The number of aromatic nitrogens is 1. The van der Waals surface area contributed by atoms with Crippen LogP contribution >= 0.6 is 11.3 Å². The molecule has 0 aliphatic carbocycles.